The van der Waals surface area contributed by atoms with E-state index in [0.29, 0.717) is 19.4 Å². The minimum atomic E-state index is -0.593. The van der Waals surface area contributed by atoms with E-state index < -0.39 is 17.6 Å². The lowest BCUT2D eigenvalue weighted by Crippen LogP contribution is -2.50. The molecule has 2 aliphatic rings. The van der Waals surface area contributed by atoms with Crippen molar-refractivity contribution in [3.63, 3.8) is 0 Å². The van der Waals surface area contributed by atoms with Gasteiger partial charge in [0.2, 0.25) is 5.91 Å². The van der Waals surface area contributed by atoms with Gasteiger partial charge in [0, 0.05) is 6.54 Å². The molecule has 2 atom stereocenters. The Hall–Kier alpha value is -1.83. The zero-order valence-electron chi connectivity index (χ0n) is 13.4. The van der Waals surface area contributed by atoms with Crippen LogP contribution in [-0.4, -0.2) is 65.8 Å². The van der Waals surface area contributed by atoms with Gasteiger partial charge in [-0.1, -0.05) is 0 Å². The summed E-state index contributed by atoms with van der Waals surface area (Å²) in [5, 5.41) is 3.85. The predicted octanol–water partition coefficient (Wildman–Crippen LogP) is 0.274. The second kappa shape index (κ2) is 6.12. The quantitative estimate of drug-likeness (QED) is 0.753. The zero-order chi connectivity index (χ0) is 16.5. The lowest BCUT2D eigenvalue weighted by molar-refractivity contribution is -0.154. The molecule has 0 unspecified atom stereocenters. The number of nitrogens with zero attached hydrogens (tertiary/aromatic N) is 2. The summed E-state index contributed by atoms with van der Waals surface area (Å²) in [5.41, 5.74) is -0.593. The van der Waals surface area contributed by atoms with Gasteiger partial charge in [-0.3, -0.25) is 14.4 Å². The summed E-state index contributed by atoms with van der Waals surface area (Å²) < 4.78 is 5.13. The number of hydrogen-bond acceptors (Lipinski definition) is 5. The molecular formula is C14H23N3O5. The van der Waals surface area contributed by atoms with Crippen LogP contribution in [0.15, 0.2) is 0 Å². The monoisotopic (exact) mass is 313 g/mol. The highest BCUT2D eigenvalue weighted by atomic mass is 16.7. The molecule has 0 aliphatic carbocycles. The number of ether oxygens (including phenoxy) is 1. The highest BCUT2D eigenvalue weighted by Gasteiger charge is 2.47. The molecule has 2 aliphatic heterocycles. The lowest BCUT2D eigenvalue weighted by atomic mass is 10.0. The molecule has 3 amide bonds. The van der Waals surface area contributed by atoms with Crippen molar-refractivity contribution in [2.75, 3.05) is 20.2 Å². The molecule has 22 heavy (non-hydrogen) atoms. The van der Waals surface area contributed by atoms with Crippen LogP contribution in [0.2, 0.25) is 0 Å². The molecule has 0 radical (unpaired) electrons. The molecule has 2 fully saturated rings. The Morgan fingerprint density at radius 3 is 2.59 bits per heavy atom. The fourth-order valence-corrected chi connectivity index (χ4v) is 2.79. The van der Waals surface area contributed by atoms with Crippen molar-refractivity contribution in [2.45, 2.75) is 51.3 Å². The first-order chi connectivity index (χ1) is 10.2. The van der Waals surface area contributed by atoms with E-state index in [1.54, 1.807) is 20.8 Å². The van der Waals surface area contributed by atoms with Crippen molar-refractivity contribution >= 4 is 17.9 Å². The fraction of sp³-hybridized carbons (Fsp3) is 0.786. The van der Waals surface area contributed by atoms with E-state index in [9.17, 15) is 14.4 Å². The summed E-state index contributed by atoms with van der Waals surface area (Å²) in [6, 6.07) is -0.874. The molecule has 8 nitrogen and oxygen atoms in total. The van der Waals surface area contributed by atoms with Gasteiger partial charge in [0.15, 0.2) is 0 Å². The van der Waals surface area contributed by atoms with E-state index in [-0.39, 0.29) is 24.5 Å². The number of esters is 1. The molecule has 8 heteroatoms. The molecule has 2 saturated heterocycles. The van der Waals surface area contributed by atoms with E-state index in [1.807, 2.05) is 0 Å². The average molecular weight is 313 g/mol. The number of hydrogen-bond donors (Lipinski definition) is 1. The van der Waals surface area contributed by atoms with Gasteiger partial charge in [-0.15, -0.1) is 0 Å². The highest BCUT2D eigenvalue weighted by Crippen LogP contribution is 2.29. The van der Waals surface area contributed by atoms with Gasteiger partial charge in [-0.05, 0) is 33.6 Å². The van der Waals surface area contributed by atoms with Crippen LogP contribution in [0, 0.1) is 0 Å². The van der Waals surface area contributed by atoms with Crippen LogP contribution in [-0.2, 0) is 19.2 Å². The maximum atomic E-state index is 12.2. The SMILES string of the molecule is CON1C(=O)N2C[C@H]1CC[C@H]2C(=O)NCC(=O)OC(C)(C)C. The van der Waals surface area contributed by atoms with E-state index in [0.717, 1.165) is 0 Å². The van der Waals surface area contributed by atoms with Gasteiger partial charge < -0.3 is 15.0 Å². The van der Waals surface area contributed by atoms with Gasteiger partial charge in [0.25, 0.3) is 0 Å². The highest BCUT2D eigenvalue weighted by molar-refractivity contribution is 5.90. The standard InChI is InChI=1S/C14H23N3O5/c1-14(2,3)22-11(18)7-15-12(19)10-6-5-9-8-16(10)13(20)17(9)21-4/h9-10H,5-8H2,1-4H3,(H,15,19)/t9-,10+/m1/s1. The summed E-state index contributed by atoms with van der Waals surface area (Å²) in [5.74, 6) is -0.837. The molecule has 1 N–H and O–H groups in total. The first-order valence-electron chi connectivity index (χ1n) is 7.36. The summed E-state index contributed by atoms with van der Waals surface area (Å²) >= 11 is 0. The Labute approximate surface area is 129 Å². The van der Waals surface area contributed by atoms with Gasteiger partial charge in [-0.25, -0.2) is 4.79 Å². The molecule has 124 valence electrons. The van der Waals surface area contributed by atoms with Crippen molar-refractivity contribution in [1.82, 2.24) is 15.3 Å². The van der Waals surface area contributed by atoms with Crippen LogP contribution < -0.4 is 5.32 Å². The largest absolute Gasteiger partial charge is 0.459 e. The molecule has 0 spiro atoms. The zero-order valence-corrected chi connectivity index (χ0v) is 13.4. The Morgan fingerprint density at radius 1 is 1.32 bits per heavy atom. The third-order valence-corrected chi connectivity index (χ3v) is 3.65. The van der Waals surface area contributed by atoms with E-state index in [1.165, 1.54) is 17.1 Å². The molecule has 2 heterocycles. The maximum absolute atomic E-state index is 12.2. The number of carbonyl (C=O) groups excluding carboxylic acids is 3. The number of piperidine rings is 1. The Morgan fingerprint density at radius 2 is 2.00 bits per heavy atom. The molecule has 2 rings (SSSR count). The second-order valence-electron chi connectivity index (χ2n) is 6.49. The Bertz CT molecular complexity index is 474. The summed E-state index contributed by atoms with van der Waals surface area (Å²) in [4.78, 5) is 42.5. The van der Waals surface area contributed by atoms with Crippen molar-refractivity contribution in [1.29, 1.82) is 0 Å². The molecule has 0 aromatic carbocycles. The number of urea groups is 1. The van der Waals surface area contributed by atoms with Crippen LogP contribution in [0.25, 0.3) is 0 Å². The fourth-order valence-electron chi connectivity index (χ4n) is 2.79. The Kier molecular flexibility index (Phi) is 4.60. The number of fused-ring (bicyclic) bond motifs is 2. The molecular weight excluding hydrogens is 290 g/mol. The van der Waals surface area contributed by atoms with Crippen molar-refractivity contribution in [3.8, 4) is 0 Å². The topological polar surface area (TPSA) is 88.2 Å². The van der Waals surface area contributed by atoms with Crippen LogP contribution in [0.3, 0.4) is 0 Å². The van der Waals surface area contributed by atoms with Gasteiger partial charge in [0.1, 0.15) is 18.2 Å². The van der Waals surface area contributed by atoms with E-state index >= 15 is 0 Å². The van der Waals surface area contributed by atoms with E-state index in [4.69, 9.17) is 9.57 Å². The van der Waals surface area contributed by atoms with Gasteiger partial charge in [-0.2, -0.15) is 5.06 Å². The van der Waals surface area contributed by atoms with E-state index in [2.05, 4.69) is 5.32 Å². The minimum absolute atomic E-state index is 0.00703. The third-order valence-electron chi connectivity index (χ3n) is 3.65. The predicted molar refractivity (Wildman–Crippen MR) is 76.6 cm³/mol. The van der Waals surface area contributed by atoms with Crippen LogP contribution in [0.5, 0.6) is 0 Å². The van der Waals surface area contributed by atoms with Crippen LogP contribution in [0.4, 0.5) is 4.79 Å². The average Bonchev–Trinajstić information content (AvgIpc) is 2.66. The van der Waals surface area contributed by atoms with Gasteiger partial charge in [0.05, 0.1) is 13.2 Å². The maximum Gasteiger partial charge on any atom is 0.345 e. The van der Waals surface area contributed by atoms with Crippen molar-refractivity contribution in [3.05, 3.63) is 0 Å². The Balaban J connectivity index is 1.89. The molecule has 0 aromatic rings. The van der Waals surface area contributed by atoms with Crippen molar-refractivity contribution in [2.24, 2.45) is 0 Å². The van der Waals surface area contributed by atoms with Crippen LogP contribution in [0.1, 0.15) is 33.6 Å². The number of nitrogens with one attached hydrogen (secondary N) is 1. The summed E-state index contributed by atoms with van der Waals surface area (Å²) in [6.07, 6.45) is 1.25. The number of rotatable bonds is 4. The third kappa shape index (κ3) is 3.49. The minimum Gasteiger partial charge on any atom is -0.459 e. The number of amides is 3. The lowest BCUT2D eigenvalue weighted by Gasteiger charge is -2.29. The summed E-state index contributed by atoms with van der Waals surface area (Å²) in [6.45, 7) is 5.55. The summed E-state index contributed by atoms with van der Waals surface area (Å²) in [7, 11) is 1.44. The number of hydroxylamine groups is 2. The normalized spacial score (nSPS) is 24.5. The first kappa shape index (κ1) is 16.5. The molecule has 2 bridgehead atoms. The second-order valence-corrected chi connectivity index (χ2v) is 6.49. The first-order valence-corrected chi connectivity index (χ1v) is 7.36. The number of carbonyl (C=O) groups is 3. The van der Waals surface area contributed by atoms with Crippen molar-refractivity contribution < 1.29 is 24.0 Å². The molecule has 0 saturated carbocycles. The van der Waals surface area contributed by atoms with Gasteiger partial charge >= 0.3 is 12.0 Å². The molecule has 0 aromatic heterocycles. The van der Waals surface area contributed by atoms with Crippen LogP contribution >= 0.6 is 0 Å². The smallest absolute Gasteiger partial charge is 0.345 e.